The number of unbranched alkanes of at least 4 members (excludes halogenated alkanes) is 61. The van der Waals surface area contributed by atoms with Gasteiger partial charge < -0.3 is 20.3 Å². The number of esters is 1. The van der Waals surface area contributed by atoms with Crippen molar-refractivity contribution in [2.24, 2.45) is 0 Å². The molecular weight excluding hydrogens is 1040 g/mol. The SMILES string of the molecule is CCCCC/C=C\CCCCCCCC(=O)OCCCCCCCCCCCCCCCCCCCCCCCCCCCCCCCCCCCCCCCC(=O)NC(CO)C(O)/C=C/CCCCCCCCCCCCCCCCCCC. The summed E-state index contributed by atoms with van der Waals surface area (Å²) in [5, 5.41) is 23.3. The van der Waals surface area contributed by atoms with Crippen molar-refractivity contribution in [2.45, 2.75) is 456 Å². The summed E-state index contributed by atoms with van der Waals surface area (Å²) in [6.45, 7) is 4.93. The fourth-order valence-corrected chi connectivity index (χ4v) is 12.5. The third-order valence-electron chi connectivity index (χ3n) is 18.5. The first-order valence-electron chi connectivity index (χ1n) is 39.1. The van der Waals surface area contributed by atoms with Crippen LogP contribution in [0.1, 0.15) is 444 Å². The number of hydrogen-bond acceptors (Lipinski definition) is 5. The maximum atomic E-state index is 12.5. The van der Waals surface area contributed by atoms with Crippen LogP contribution in [-0.4, -0.2) is 47.4 Å². The van der Waals surface area contributed by atoms with Gasteiger partial charge in [-0.05, 0) is 57.8 Å². The highest BCUT2D eigenvalue weighted by atomic mass is 16.5. The van der Waals surface area contributed by atoms with E-state index in [-0.39, 0.29) is 18.5 Å². The Morgan fingerprint density at radius 2 is 0.553 bits per heavy atom. The minimum Gasteiger partial charge on any atom is -0.466 e. The molecule has 1 amide bonds. The standard InChI is InChI=1S/C79H153NO5/c1-3-5-7-9-11-13-15-17-18-19-39-42-45-48-51-55-59-63-67-71-77(82)76(75-81)80-78(83)72-68-64-60-56-52-49-46-43-40-37-35-33-31-29-27-25-23-21-20-22-24-26-28-30-32-34-36-38-41-44-47-50-54-58-62-66-70-74-85-79(84)73-69-65-61-57-53-16-14-12-10-8-6-4-2/h12,14,67,71,76-77,81-82H,3-11,13,15-66,68-70,72-75H2,1-2H3,(H,80,83)/b14-12-,71-67+. The van der Waals surface area contributed by atoms with Crippen molar-refractivity contribution in [1.29, 1.82) is 0 Å². The molecule has 2 unspecified atom stereocenters. The molecule has 0 aliphatic carbocycles. The summed E-state index contributed by atoms with van der Waals surface area (Å²) in [5.41, 5.74) is 0. The smallest absolute Gasteiger partial charge is 0.305 e. The number of ether oxygens (including phenoxy) is 1. The van der Waals surface area contributed by atoms with E-state index < -0.39 is 12.1 Å². The summed E-state index contributed by atoms with van der Waals surface area (Å²) >= 11 is 0. The van der Waals surface area contributed by atoms with Crippen molar-refractivity contribution in [3.05, 3.63) is 24.3 Å². The average molecular weight is 1200 g/mol. The second-order valence-electron chi connectivity index (χ2n) is 27.0. The number of allylic oxidation sites excluding steroid dienone is 3. The minimum absolute atomic E-state index is 0.0137. The molecule has 0 bridgehead atoms. The Bertz CT molecular complexity index is 1330. The Kier molecular flexibility index (Phi) is 73.3. The fraction of sp³-hybridized carbons (Fsp3) is 0.924. The number of carbonyl (C=O) groups is 2. The second-order valence-corrected chi connectivity index (χ2v) is 27.0. The van der Waals surface area contributed by atoms with Gasteiger partial charge in [-0.25, -0.2) is 0 Å². The molecule has 0 aromatic carbocycles. The van der Waals surface area contributed by atoms with Crippen LogP contribution in [0.2, 0.25) is 0 Å². The Labute approximate surface area is 532 Å². The molecule has 0 radical (unpaired) electrons. The van der Waals surface area contributed by atoms with Crippen molar-refractivity contribution in [3.8, 4) is 0 Å². The third-order valence-corrected chi connectivity index (χ3v) is 18.5. The molecule has 0 fully saturated rings. The maximum Gasteiger partial charge on any atom is 0.305 e. The summed E-state index contributed by atoms with van der Waals surface area (Å²) in [7, 11) is 0. The zero-order valence-corrected chi connectivity index (χ0v) is 57.9. The number of aliphatic hydroxyl groups is 2. The Morgan fingerprint density at radius 3 is 0.859 bits per heavy atom. The van der Waals surface area contributed by atoms with Crippen LogP contribution in [-0.2, 0) is 14.3 Å². The van der Waals surface area contributed by atoms with Crippen LogP contribution in [0, 0.1) is 0 Å². The number of amides is 1. The zero-order chi connectivity index (χ0) is 61.3. The first-order valence-corrected chi connectivity index (χ1v) is 39.1. The topological polar surface area (TPSA) is 95.9 Å². The van der Waals surface area contributed by atoms with Crippen molar-refractivity contribution >= 4 is 11.9 Å². The van der Waals surface area contributed by atoms with Crippen molar-refractivity contribution in [2.75, 3.05) is 13.2 Å². The van der Waals surface area contributed by atoms with E-state index in [1.807, 2.05) is 6.08 Å². The molecule has 0 aromatic rings. The molecule has 0 heterocycles. The first kappa shape index (κ1) is 83.3. The van der Waals surface area contributed by atoms with E-state index in [1.165, 1.54) is 372 Å². The summed E-state index contributed by atoms with van der Waals surface area (Å²) < 4.78 is 5.48. The van der Waals surface area contributed by atoms with Gasteiger partial charge in [-0.2, -0.15) is 0 Å². The Hall–Kier alpha value is -1.66. The van der Waals surface area contributed by atoms with E-state index in [0.29, 0.717) is 19.4 Å². The van der Waals surface area contributed by atoms with Gasteiger partial charge >= 0.3 is 5.97 Å². The van der Waals surface area contributed by atoms with Gasteiger partial charge in [0, 0.05) is 12.8 Å². The highest BCUT2D eigenvalue weighted by Crippen LogP contribution is 2.20. The van der Waals surface area contributed by atoms with E-state index in [4.69, 9.17) is 4.74 Å². The predicted octanol–water partition coefficient (Wildman–Crippen LogP) is 25.7. The molecule has 0 saturated heterocycles. The second kappa shape index (κ2) is 74.8. The van der Waals surface area contributed by atoms with Gasteiger partial charge in [-0.15, -0.1) is 0 Å². The lowest BCUT2D eigenvalue weighted by molar-refractivity contribution is -0.143. The van der Waals surface area contributed by atoms with Crippen LogP contribution in [0.25, 0.3) is 0 Å². The molecule has 6 nitrogen and oxygen atoms in total. The largest absolute Gasteiger partial charge is 0.466 e. The molecule has 2 atom stereocenters. The van der Waals surface area contributed by atoms with Gasteiger partial charge in [0.1, 0.15) is 0 Å². The predicted molar refractivity (Wildman–Crippen MR) is 375 cm³/mol. The molecule has 0 saturated carbocycles. The molecule has 3 N–H and O–H groups in total. The highest BCUT2D eigenvalue weighted by Gasteiger charge is 2.18. The molecule has 0 aromatic heterocycles. The summed E-state index contributed by atoms with van der Waals surface area (Å²) in [6.07, 6.45) is 95.9. The van der Waals surface area contributed by atoms with Crippen molar-refractivity contribution in [3.63, 3.8) is 0 Å². The lowest BCUT2D eigenvalue weighted by Gasteiger charge is -2.20. The van der Waals surface area contributed by atoms with E-state index in [9.17, 15) is 19.8 Å². The summed E-state index contributed by atoms with van der Waals surface area (Å²) in [4.78, 5) is 24.6. The van der Waals surface area contributed by atoms with Gasteiger partial charge in [-0.3, -0.25) is 9.59 Å². The van der Waals surface area contributed by atoms with E-state index in [2.05, 4.69) is 31.3 Å². The number of carbonyl (C=O) groups excluding carboxylic acids is 2. The molecule has 85 heavy (non-hydrogen) atoms. The van der Waals surface area contributed by atoms with Gasteiger partial charge in [0.05, 0.1) is 25.4 Å². The summed E-state index contributed by atoms with van der Waals surface area (Å²) in [5.74, 6) is -0.0442. The lowest BCUT2D eigenvalue weighted by Crippen LogP contribution is -2.45. The Morgan fingerprint density at radius 1 is 0.318 bits per heavy atom. The van der Waals surface area contributed by atoms with E-state index in [0.717, 1.165) is 44.9 Å². The molecule has 0 spiro atoms. The average Bonchev–Trinajstić information content (AvgIpc) is 3.51. The Balaban J connectivity index is 3.32. The van der Waals surface area contributed by atoms with Crippen LogP contribution in [0.3, 0.4) is 0 Å². The van der Waals surface area contributed by atoms with Gasteiger partial charge in [-0.1, -0.05) is 398 Å². The number of hydrogen-bond donors (Lipinski definition) is 3. The first-order chi connectivity index (χ1) is 42.0. The van der Waals surface area contributed by atoms with Crippen LogP contribution < -0.4 is 5.32 Å². The highest BCUT2D eigenvalue weighted by molar-refractivity contribution is 5.76. The monoisotopic (exact) mass is 1200 g/mol. The quantitative estimate of drug-likeness (QED) is 0.0320. The molecule has 6 heteroatoms. The third kappa shape index (κ3) is 71.3. The van der Waals surface area contributed by atoms with Gasteiger partial charge in [0.25, 0.3) is 0 Å². The van der Waals surface area contributed by atoms with Crippen LogP contribution in [0.15, 0.2) is 24.3 Å². The molecular formula is C79H153NO5. The van der Waals surface area contributed by atoms with Crippen molar-refractivity contribution < 1.29 is 24.5 Å². The number of aliphatic hydroxyl groups excluding tert-OH is 2. The number of rotatable bonds is 74. The van der Waals surface area contributed by atoms with Gasteiger partial charge in [0.2, 0.25) is 5.91 Å². The fourth-order valence-electron chi connectivity index (χ4n) is 12.5. The number of nitrogens with one attached hydrogen (secondary N) is 1. The van der Waals surface area contributed by atoms with E-state index >= 15 is 0 Å². The molecule has 504 valence electrons. The lowest BCUT2D eigenvalue weighted by atomic mass is 10.0. The van der Waals surface area contributed by atoms with Crippen molar-refractivity contribution in [1.82, 2.24) is 5.32 Å². The van der Waals surface area contributed by atoms with Crippen LogP contribution in [0.4, 0.5) is 0 Å². The molecule has 0 aliphatic rings. The van der Waals surface area contributed by atoms with E-state index in [1.54, 1.807) is 6.08 Å². The normalized spacial score (nSPS) is 12.6. The minimum atomic E-state index is -0.841. The van der Waals surface area contributed by atoms with Crippen LogP contribution in [0.5, 0.6) is 0 Å². The maximum absolute atomic E-state index is 12.5. The van der Waals surface area contributed by atoms with Gasteiger partial charge in [0.15, 0.2) is 0 Å². The van der Waals surface area contributed by atoms with Crippen LogP contribution >= 0.6 is 0 Å². The molecule has 0 aliphatic heterocycles. The summed E-state index contributed by atoms with van der Waals surface area (Å²) in [6, 6.07) is -0.624. The zero-order valence-electron chi connectivity index (χ0n) is 57.9. The molecule has 0 rings (SSSR count).